The Kier molecular flexibility index (Phi) is 5.26. The predicted octanol–water partition coefficient (Wildman–Crippen LogP) is 2.29. The summed E-state index contributed by atoms with van der Waals surface area (Å²) in [4.78, 5) is 31.2. The molecule has 0 saturated heterocycles. The van der Waals surface area contributed by atoms with Crippen LogP contribution >= 0.6 is 0 Å². The molecule has 0 amide bonds. The second kappa shape index (κ2) is 7.83. The van der Waals surface area contributed by atoms with Crippen LogP contribution in [0.4, 0.5) is 25.8 Å². The van der Waals surface area contributed by atoms with Crippen LogP contribution in [-0.2, 0) is 5.54 Å². The summed E-state index contributed by atoms with van der Waals surface area (Å²) >= 11 is 0. The normalized spacial score (nSPS) is 14.4. The number of hydrazine groups is 1. The molecule has 170 valence electrons. The van der Waals surface area contributed by atoms with Gasteiger partial charge in [0, 0.05) is 18.3 Å². The zero-order valence-corrected chi connectivity index (χ0v) is 18.0. The molecule has 1 fully saturated rings. The van der Waals surface area contributed by atoms with E-state index in [0.717, 1.165) is 28.1 Å². The van der Waals surface area contributed by atoms with Gasteiger partial charge in [-0.25, -0.2) is 24.0 Å². The van der Waals surface area contributed by atoms with Crippen molar-refractivity contribution in [1.29, 1.82) is 5.26 Å². The number of pyridine rings is 1. The van der Waals surface area contributed by atoms with Crippen LogP contribution in [0.25, 0.3) is 5.69 Å². The molecule has 1 aliphatic rings. The molecule has 2 heterocycles. The highest BCUT2D eigenvalue weighted by Gasteiger charge is 2.43. The Labute approximate surface area is 187 Å². The first kappa shape index (κ1) is 22.2. The number of benzene rings is 1. The molecule has 3 aromatic rings. The quantitative estimate of drug-likeness (QED) is 0.351. The third kappa shape index (κ3) is 3.35. The van der Waals surface area contributed by atoms with E-state index in [1.165, 1.54) is 17.7 Å². The maximum atomic E-state index is 14.0. The van der Waals surface area contributed by atoms with Crippen LogP contribution in [-0.4, -0.2) is 14.1 Å². The fourth-order valence-electron chi connectivity index (χ4n) is 4.15. The van der Waals surface area contributed by atoms with Gasteiger partial charge in [0.25, 0.3) is 5.56 Å². The number of hydrogen-bond donors (Lipinski definition) is 2. The van der Waals surface area contributed by atoms with E-state index in [9.17, 15) is 23.6 Å². The molecular weight excluding hydrogens is 432 g/mol. The Hall–Kier alpha value is -4.04. The van der Waals surface area contributed by atoms with Crippen molar-refractivity contribution >= 4 is 17.1 Å². The van der Waals surface area contributed by atoms with E-state index in [4.69, 9.17) is 11.6 Å². The standard InChI is InChI=1S/C22H21F2N7O2/c1-12-6-14(10-28-9-12)29-20(32)19(31(27)18-8-16(24)15(23)7-17(18)26)13(2)30(21(29)33)22(11-25)4-3-5-22/h6-10H,3-5,26-27H2,1-2H3. The topological polar surface area (TPSA) is 136 Å². The van der Waals surface area contributed by atoms with Crippen LogP contribution in [0.1, 0.15) is 30.5 Å². The number of aromatic nitrogens is 3. The molecule has 0 radical (unpaired) electrons. The van der Waals surface area contributed by atoms with Crippen molar-refractivity contribution in [3.63, 3.8) is 0 Å². The Bertz CT molecular complexity index is 1430. The fourth-order valence-corrected chi connectivity index (χ4v) is 4.15. The van der Waals surface area contributed by atoms with Crippen LogP contribution < -0.4 is 27.8 Å². The molecule has 1 saturated carbocycles. The third-order valence-electron chi connectivity index (χ3n) is 5.97. The van der Waals surface area contributed by atoms with E-state index >= 15 is 0 Å². The number of rotatable bonds is 4. The number of hydrogen-bond acceptors (Lipinski definition) is 7. The van der Waals surface area contributed by atoms with Gasteiger partial charge in [-0.05, 0) is 44.7 Å². The smallest absolute Gasteiger partial charge is 0.337 e. The van der Waals surface area contributed by atoms with Crippen LogP contribution in [0.5, 0.6) is 0 Å². The monoisotopic (exact) mass is 453 g/mol. The summed E-state index contributed by atoms with van der Waals surface area (Å²) in [7, 11) is 0. The van der Waals surface area contributed by atoms with Gasteiger partial charge in [-0.3, -0.25) is 19.4 Å². The average Bonchev–Trinajstić information content (AvgIpc) is 2.72. The third-order valence-corrected chi connectivity index (χ3v) is 5.97. The first-order chi connectivity index (χ1) is 15.6. The predicted molar refractivity (Wildman–Crippen MR) is 118 cm³/mol. The van der Waals surface area contributed by atoms with Gasteiger partial charge in [-0.15, -0.1) is 0 Å². The van der Waals surface area contributed by atoms with Gasteiger partial charge in [0.1, 0.15) is 11.2 Å². The molecule has 1 aliphatic carbocycles. The van der Waals surface area contributed by atoms with Crippen molar-refractivity contribution in [2.45, 2.75) is 38.6 Å². The number of aryl methyl sites for hydroxylation is 1. The second-order valence-electron chi connectivity index (χ2n) is 8.11. The number of nitrogens with zero attached hydrogens (tertiary/aromatic N) is 5. The molecule has 2 aromatic heterocycles. The van der Waals surface area contributed by atoms with Crippen LogP contribution in [0, 0.1) is 36.8 Å². The minimum absolute atomic E-state index is 0.106. The lowest BCUT2D eigenvalue weighted by molar-refractivity contribution is 0.203. The summed E-state index contributed by atoms with van der Waals surface area (Å²) in [6.45, 7) is 3.22. The molecule has 0 bridgehead atoms. The summed E-state index contributed by atoms with van der Waals surface area (Å²) < 4.78 is 29.7. The molecule has 1 aromatic carbocycles. The lowest BCUT2D eigenvalue weighted by Crippen LogP contribution is -2.53. The number of anilines is 3. The summed E-state index contributed by atoms with van der Waals surface area (Å²) in [5, 5.41) is 10.7. The molecule has 9 nitrogen and oxygen atoms in total. The van der Waals surface area contributed by atoms with Gasteiger partial charge in [0.2, 0.25) is 0 Å². The van der Waals surface area contributed by atoms with Crippen molar-refractivity contribution < 1.29 is 8.78 Å². The summed E-state index contributed by atoms with van der Waals surface area (Å²) in [5.74, 6) is 3.83. The van der Waals surface area contributed by atoms with Crippen molar-refractivity contribution in [3.8, 4) is 11.8 Å². The highest BCUT2D eigenvalue weighted by Crippen LogP contribution is 2.40. The fraction of sp³-hybridized carbons (Fsp3) is 0.273. The van der Waals surface area contributed by atoms with Gasteiger partial charge in [0.05, 0.1) is 35.0 Å². The Morgan fingerprint density at radius 2 is 1.82 bits per heavy atom. The molecule has 4 N–H and O–H groups in total. The maximum Gasteiger partial charge on any atom is 0.337 e. The second-order valence-corrected chi connectivity index (χ2v) is 8.11. The number of nitrogen functional groups attached to an aromatic ring is 1. The van der Waals surface area contributed by atoms with Gasteiger partial charge < -0.3 is 5.73 Å². The van der Waals surface area contributed by atoms with E-state index in [-0.39, 0.29) is 28.4 Å². The van der Waals surface area contributed by atoms with E-state index in [2.05, 4.69) is 11.1 Å². The number of nitrogens with two attached hydrogens (primary N) is 2. The summed E-state index contributed by atoms with van der Waals surface area (Å²) in [6, 6.07) is 5.30. The van der Waals surface area contributed by atoms with Crippen LogP contribution in [0.2, 0.25) is 0 Å². The molecule has 11 heteroatoms. The van der Waals surface area contributed by atoms with Crippen LogP contribution in [0.15, 0.2) is 40.2 Å². The molecular formula is C22H21F2N7O2. The number of halogens is 2. The summed E-state index contributed by atoms with van der Waals surface area (Å²) in [5.41, 5.74) is 3.53. The minimum atomic E-state index is -1.21. The van der Waals surface area contributed by atoms with Crippen molar-refractivity contribution in [3.05, 3.63) is 74.3 Å². The Balaban J connectivity index is 2.09. The first-order valence-corrected chi connectivity index (χ1v) is 10.1. The van der Waals surface area contributed by atoms with Crippen molar-refractivity contribution in [2.75, 3.05) is 10.7 Å². The minimum Gasteiger partial charge on any atom is -0.397 e. The van der Waals surface area contributed by atoms with Gasteiger partial charge in [-0.2, -0.15) is 5.26 Å². The molecule has 33 heavy (non-hydrogen) atoms. The van der Waals surface area contributed by atoms with Crippen molar-refractivity contribution in [2.24, 2.45) is 5.84 Å². The molecule has 0 unspecified atom stereocenters. The molecule has 4 rings (SSSR count). The van der Waals surface area contributed by atoms with Crippen LogP contribution in [0.3, 0.4) is 0 Å². The SMILES string of the molecule is Cc1cncc(-n2c(=O)c(N(N)c3cc(F)c(F)cc3N)c(C)n(C3(C#N)CCC3)c2=O)c1. The average molecular weight is 453 g/mol. The zero-order chi connectivity index (χ0) is 24.1. The van der Waals surface area contributed by atoms with E-state index < -0.39 is 28.4 Å². The largest absolute Gasteiger partial charge is 0.397 e. The van der Waals surface area contributed by atoms with Crippen molar-refractivity contribution in [1.82, 2.24) is 14.1 Å². The Morgan fingerprint density at radius 1 is 1.15 bits per heavy atom. The van der Waals surface area contributed by atoms with Gasteiger partial charge in [-0.1, -0.05) is 0 Å². The van der Waals surface area contributed by atoms with Gasteiger partial charge >= 0.3 is 5.69 Å². The van der Waals surface area contributed by atoms with E-state index in [1.807, 2.05) is 0 Å². The summed E-state index contributed by atoms with van der Waals surface area (Å²) in [6.07, 6.45) is 4.44. The van der Waals surface area contributed by atoms with E-state index in [1.54, 1.807) is 19.2 Å². The van der Waals surface area contributed by atoms with E-state index in [0.29, 0.717) is 18.4 Å². The lowest BCUT2D eigenvalue weighted by atomic mass is 9.77. The highest BCUT2D eigenvalue weighted by molar-refractivity contribution is 5.74. The molecule has 0 spiro atoms. The zero-order valence-electron chi connectivity index (χ0n) is 18.0. The maximum absolute atomic E-state index is 14.0. The Morgan fingerprint density at radius 3 is 2.39 bits per heavy atom. The lowest BCUT2D eigenvalue weighted by Gasteiger charge is -2.39. The number of nitriles is 1. The molecule has 0 atom stereocenters. The highest BCUT2D eigenvalue weighted by atomic mass is 19.2. The van der Waals surface area contributed by atoms with Gasteiger partial charge in [0.15, 0.2) is 11.6 Å². The first-order valence-electron chi connectivity index (χ1n) is 10.1. The molecule has 0 aliphatic heterocycles.